The summed E-state index contributed by atoms with van der Waals surface area (Å²) in [4.78, 5) is 14.9. The number of nitrogens with zero attached hydrogens (tertiary/aromatic N) is 2. The lowest BCUT2D eigenvalue weighted by Crippen LogP contribution is -2.05. The quantitative estimate of drug-likeness (QED) is 0.881. The Bertz CT molecular complexity index is 598. The third kappa shape index (κ3) is 3.84. The Morgan fingerprint density at radius 2 is 2.20 bits per heavy atom. The van der Waals surface area contributed by atoms with E-state index in [0.29, 0.717) is 17.5 Å². The maximum Gasteiger partial charge on any atom is 0.304 e. The first kappa shape index (κ1) is 14.6. The molecule has 0 aliphatic heterocycles. The van der Waals surface area contributed by atoms with Crippen molar-refractivity contribution in [2.75, 3.05) is 0 Å². The van der Waals surface area contributed by atoms with Crippen LogP contribution in [0, 0.1) is 6.92 Å². The van der Waals surface area contributed by atoms with Crippen LogP contribution in [0.1, 0.15) is 24.8 Å². The minimum Gasteiger partial charge on any atom is -0.481 e. The van der Waals surface area contributed by atoms with E-state index < -0.39 is 5.97 Å². The van der Waals surface area contributed by atoms with E-state index in [-0.39, 0.29) is 11.7 Å². The van der Waals surface area contributed by atoms with E-state index in [1.165, 1.54) is 11.8 Å². The van der Waals surface area contributed by atoms with Gasteiger partial charge in [-0.3, -0.25) is 4.79 Å². The Hall–Kier alpha value is -1.82. The summed E-state index contributed by atoms with van der Waals surface area (Å²) in [7, 11) is 0. The van der Waals surface area contributed by atoms with Crippen molar-refractivity contribution in [3.8, 4) is 11.4 Å². The maximum absolute atomic E-state index is 10.6. The molecule has 1 unspecified atom stereocenters. The van der Waals surface area contributed by atoms with Crippen LogP contribution in [-0.2, 0) is 10.5 Å². The number of hydrogen-bond acceptors (Lipinski definition) is 5. The number of benzene rings is 1. The molecule has 1 atom stereocenters. The monoisotopic (exact) mass is 292 g/mol. The molecule has 2 aromatic rings. The van der Waals surface area contributed by atoms with E-state index >= 15 is 0 Å². The summed E-state index contributed by atoms with van der Waals surface area (Å²) >= 11 is 1.49. The van der Waals surface area contributed by atoms with Gasteiger partial charge in [0.2, 0.25) is 11.7 Å². The van der Waals surface area contributed by atoms with Gasteiger partial charge in [-0.2, -0.15) is 4.98 Å². The maximum atomic E-state index is 10.6. The average Bonchev–Trinajstić information content (AvgIpc) is 2.85. The summed E-state index contributed by atoms with van der Waals surface area (Å²) in [6, 6.07) is 7.84. The van der Waals surface area contributed by atoms with Gasteiger partial charge in [-0.15, -0.1) is 11.8 Å². The first-order valence-electron chi connectivity index (χ1n) is 6.28. The molecule has 2 rings (SSSR count). The number of rotatable bonds is 6. The zero-order valence-corrected chi connectivity index (χ0v) is 12.2. The summed E-state index contributed by atoms with van der Waals surface area (Å²) in [5.41, 5.74) is 2.04. The molecule has 6 heteroatoms. The molecule has 20 heavy (non-hydrogen) atoms. The highest BCUT2D eigenvalue weighted by Crippen LogP contribution is 2.23. The highest BCUT2D eigenvalue weighted by atomic mass is 32.2. The van der Waals surface area contributed by atoms with Crippen molar-refractivity contribution in [2.45, 2.75) is 31.3 Å². The first-order chi connectivity index (χ1) is 9.56. The van der Waals surface area contributed by atoms with E-state index in [9.17, 15) is 4.79 Å². The van der Waals surface area contributed by atoms with Gasteiger partial charge in [0.15, 0.2) is 0 Å². The van der Waals surface area contributed by atoms with Crippen LogP contribution >= 0.6 is 11.8 Å². The Morgan fingerprint density at radius 1 is 1.45 bits per heavy atom. The Labute approximate surface area is 121 Å². The van der Waals surface area contributed by atoms with Crippen molar-refractivity contribution in [3.63, 3.8) is 0 Å². The fraction of sp³-hybridized carbons (Fsp3) is 0.357. The zero-order chi connectivity index (χ0) is 14.5. The van der Waals surface area contributed by atoms with Crippen LogP contribution in [0.25, 0.3) is 11.4 Å². The van der Waals surface area contributed by atoms with Gasteiger partial charge >= 0.3 is 5.97 Å². The summed E-state index contributed by atoms with van der Waals surface area (Å²) < 4.78 is 5.20. The van der Waals surface area contributed by atoms with Gasteiger partial charge in [-0.1, -0.05) is 36.3 Å². The van der Waals surface area contributed by atoms with Crippen molar-refractivity contribution in [3.05, 3.63) is 35.7 Å². The molecule has 0 saturated carbocycles. The van der Waals surface area contributed by atoms with Crippen LogP contribution < -0.4 is 0 Å². The lowest BCUT2D eigenvalue weighted by Gasteiger charge is -2.05. The van der Waals surface area contributed by atoms with Gasteiger partial charge < -0.3 is 9.63 Å². The molecule has 0 radical (unpaired) electrons. The van der Waals surface area contributed by atoms with Crippen LogP contribution in [0.3, 0.4) is 0 Å². The molecule has 0 amide bonds. The summed E-state index contributed by atoms with van der Waals surface area (Å²) in [5.74, 6) is 0.819. The molecule has 106 valence electrons. The number of carbonyl (C=O) groups is 1. The standard InChI is InChI=1S/C14H16N2O3S/c1-9-5-3-4-6-11(9)14-15-12(19-16-14)8-20-10(2)7-13(17)18/h3-6,10H,7-8H2,1-2H3,(H,17,18). The van der Waals surface area contributed by atoms with Crippen LogP contribution in [0.4, 0.5) is 0 Å². The molecular formula is C14H16N2O3S. The molecule has 1 aromatic carbocycles. The molecule has 5 nitrogen and oxygen atoms in total. The smallest absolute Gasteiger partial charge is 0.304 e. The first-order valence-corrected chi connectivity index (χ1v) is 7.33. The van der Waals surface area contributed by atoms with Crippen molar-refractivity contribution in [1.29, 1.82) is 0 Å². The Balaban J connectivity index is 1.99. The average molecular weight is 292 g/mol. The molecule has 1 N–H and O–H groups in total. The van der Waals surface area contributed by atoms with Crippen LogP contribution in [0.15, 0.2) is 28.8 Å². The summed E-state index contributed by atoms with van der Waals surface area (Å²) in [6.45, 7) is 3.87. The lowest BCUT2D eigenvalue weighted by atomic mass is 10.1. The minimum atomic E-state index is -0.795. The largest absolute Gasteiger partial charge is 0.481 e. The van der Waals surface area contributed by atoms with Gasteiger partial charge in [-0.25, -0.2) is 0 Å². The second kappa shape index (κ2) is 6.56. The third-order valence-electron chi connectivity index (χ3n) is 2.81. The fourth-order valence-corrected chi connectivity index (χ4v) is 2.57. The van der Waals surface area contributed by atoms with E-state index in [1.807, 2.05) is 38.1 Å². The second-order valence-electron chi connectivity index (χ2n) is 4.55. The van der Waals surface area contributed by atoms with E-state index in [1.54, 1.807) is 0 Å². The van der Waals surface area contributed by atoms with Gasteiger partial charge in [0.05, 0.1) is 12.2 Å². The summed E-state index contributed by atoms with van der Waals surface area (Å²) in [5, 5.41) is 12.7. The third-order valence-corrected chi connectivity index (χ3v) is 3.96. The van der Waals surface area contributed by atoms with Crippen molar-refractivity contribution in [2.24, 2.45) is 0 Å². The number of thioether (sulfide) groups is 1. The SMILES string of the molecule is Cc1ccccc1-c1noc(CSC(C)CC(=O)O)n1. The molecule has 0 spiro atoms. The van der Waals surface area contributed by atoms with Crippen LogP contribution in [0.5, 0.6) is 0 Å². The van der Waals surface area contributed by atoms with Crippen molar-refractivity contribution >= 4 is 17.7 Å². The van der Waals surface area contributed by atoms with Crippen molar-refractivity contribution < 1.29 is 14.4 Å². The van der Waals surface area contributed by atoms with E-state index in [2.05, 4.69) is 10.1 Å². The number of aliphatic carboxylic acids is 1. The molecule has 0 fully saturated rings. The minimum absolute atomic E-state index is 0.0151. The number of carboxylic acid groups (broad SMARTS) is 1. The van der Waals surface area contributed by atoms with Crippen molar-refractivity contribution in [1.82, 2.24) is 10.1 Å². The molecule has 0 saturated heterocycles. The second-order valence-corrected chi connectivity index (χ2v) is 5.97. The Kier molecular flexibility index (Phi) is 4.79. The van der Waals surface area contributed by atoms with Crippen LogP contribution in [0.2, 0.25) is 0 Å². The van der Waals surface area contributed by atoms with E-state index in [4.69, 9.17) is 9.63 Å². The topological polar surface area (TPSA) is 76.2 Å². The van der Waals surface area contributed by atoms with Gasteiger partial charge in [0.1, 0.15) is 0 Å². The molecule has 0 aliphatic carbocycles. The fourth-order valence-electron chi connectivity index (χ4n) is 1.77. The number of aryl methyl sites for hydroxylation is 1. The molecule has 0 aliphatic rings. The number of aromatic nitrogens is 2. The van der Waals surface area contributed by atoms with E-state index in [0.717, 1.165) is 11.1 Å². The number of hydrogen-bond donors (Lipinski definition) is 1. The Morgan fingerprint density at radius 3 is 2.90 bits per heavy atom. The zero-order valence-electron chi connectivity index (χ0n) is 11.4. The highest BCUT2D eigenvalue weighted by molar-refractivity contribution is 7.99. The molecule has 0 bridgehead atoms. The van der Waals surface area contributed by atoms with Gasteiger partial charge in [0, 0.05) is 10.8 Å². The molecular weight excluding hydrogens is 276 g/mol. The number of carboxylic acids is 1. The predicted molar refractivity (Wildman–Crippen MR) is 77.5 cm³/mol. The molecule has 1 aromatic heterocycles. The van der Waals surface area contributed by atoms with Crippen LogP contribution in [-0.4, -0.2) is 26.5 Å². The van der Waals surface area contributed by atoms with Gasteiger partial charge in [0.25, 0.3) is 0 Å². The highest BCUT2D eigenvalue weighted by Gasteiger charge is 2.13. The lowest BCUT2D eigenvalue weighted by molar-refractivity contribution is -0.136. The predicted octanol–water partition coefficient (Wildman–Crippen LogP) is 3.14. The van der Waals surface area contributed by atoms with Gasteiger partial charge in [-0.05, 0) is 12.5 Å². The summed E-state index contributed by atoms with van der Waals surface area (Å²) in [6.07, 6.45) is 0.128. The molecule has 1 heterocycles. The normalized spacial score (nSPS) is 12.3.